The highest BCUT2D eigenvalue weighted by molar-refractivity contribution is 5.54. The number of hydrogen-bond donors (Lipinski definition) is 2. The molecule has 192 valence electrons. The first-order valence-corrected chi connectivity index (χ1v) is 14.9. The number of benzene rings is 2. The van der Waals surface area contributed by atoms with Crippen LogP contribution in [0.4, 0.5) is 11.4 Å². The van der Waals surface area contributed by atoms with Gasteiger partial charge in [0.2, 0.25) is 0 Å². The van der Waals surface area contributed by atoms with E-state index in [1.165, 1.54) is 111 Å². The van der Waals surface area contributed by atoms with E-state index in [-0.39, 0.29) is 0 Å². The molecule has 0 saturated heterocycles. The molecule has 2 aromatic carbocycles. The molecule has 2 atom stereocenters. The van der Waals surface area contributed by atoms with Crippen molar-refractivity contribution in [3.63, 3.8) is 0 Å². The molecule has 2 aliphatic carbocycles. The molecule has 2 aromatic rings. The Bertz CT molecular complexity index is 845. The van der Waals surface area contributed by atoms with Crippen LogP contribution in [0.1, 0.15) is 139 Å². The normalized spacial score (nSPS) is 19.3. The van der Waals surface area contributed by atoms with E-state index in [4.69, 9.17) is 0 Å². The van der Waals surface area contributed by atoms with Crippen molar-refractivity contribution in [3.05, 3.63) is 58.7 Å². The Balaban J connectivity index is 1.56. The van der Waals surface area contributed by atoms with E-state index < -0.39 is 0 Å². The third-order valence-corrected chi connectivity index (χ3v) is 8.91. The third-order valence-electron chi connectivity index (χ3n) is 8.91. The summed E-state index contributed by atoms with van der Waals surface area (Å²) in [5.74, 6) is 1.16. The maximum absolute atomic E-state index is 3.87. The highest BCUT2D eigenvalue weighted by Crippen LogP contribution is 2.33. The van der Waals surface area contributed by atoms with Crippen LogP contribution < -0.4 is 10.6 Å². The van der Waals surface area contributed by atoms with E-state index in [1.54, 1.807) is 0 Å². The van der Waals surface area contributed by atoms with E-state index in [9.17, 15) is 0 Å². The lowest BCUT2D eigenvalue weighted by molar-refractivity contribution is 0.462. The van der Waals surface area contributed by atoms with E-state index >= 15 is 0 Å². The molecular weight excluding hydrogens is 424 g/mol. The lowest BCUT2D eigenvalue weighted by Gasteiger charge is -2.26. The van der Waals surface area contributed by atoms with Crippen LogP contribution in [0.3, 0.4) is 0 Å². The second-order valence-corrected chi connectivity index (χ2v) is 11.6. The maximum Gasteiger partial charge on any atom is 0.0345 e. The summed E-state index contributed by atoms with van der Waals surface area (Å²) < 4.78 is 0. The van der Waals surface area contributed by atoms with Crippen molar-refractivity contribution in [1.82, 2.24) is 0 Å². The van der Waals surface area contributed by atoms with Gasteiger partial charge in [0.15, 0.2) is 0 Å². The quantitative estimate of drug-likeness (QED) is 0.358. The van der Waals surface area contributed by atoms with Crippen molar-refractivity contribution >= 4 is 11.4 Å². The number of rotatable bonds is 10. The topological polar surface area (TPSA) is 24.1 Å². The van der Waals surface area contributed by atoms with E-state index in [2.05, 4.69) is 74.7 Å². The van der Waals surface area contributed by atoms with Crippen LogP contribution in [-0.4, -0.2) is 12.1 Å². The number of anilines is 2. The number of hydrogen-bond acceptors (Lipinski definition) is 2. The van der Waals surface area contributed by atoms with Gasteiger partial charge in [-0.15, -0.1) is 0 Å². The summed E-state index contributed by atoms with van der Waals surface area (Å²) >= 11 is 0. The Morgan fingerprint density at radius 3 is 1.40 bits per heavy atom. The first kappa shape index (κ1) is 26.1. The van der Waals surface area contributed by atoms with Crippen LogP contribution in [0.25, 0.3) is 0 Å². The van der Waals surface area contributed by atoms with Crippen molar-refractivity contribution in [2.75, 3.05) is 10.6 Å². The molecular formula is C33H50N2. The molecule has 2 heteroatoms. The summed E-state index contributed by atoms with van der Waals surface area (Å²) in [7, 11) is 0. The van der Waals surface area contributed by atoms with Gasteiger partial charge in [-0.25, -0.2) is 0 Å². The zero-order valence-corrected chi connectivity index (χ0v) is 23.0. The lowest BCUT2D eigenvalue weighted by atomic mass is 9.86. The lowest BCUT2D eigenvalue weighted by Crippen LogP contribution is -2.22. The summed E-state index contributed by atoms with van der Waals surface area (Å²) in [5.41, 5.74) is 8.73. The van der Waals surface area contributed by atoms with Gasteiger partial charge < -0.3 is 10.6 Å². The highest BCUT2D eigenvalue weighted by Gasteiger charge is 2.18. The Morgan fingerprint density at radius 1 is 0.629 bits per heavy atom. The predicted molar refractivity (Wildman–Crippen MR) is 154 cm³/mol. The molecule has 0 spiro atoms. The van der Waals surface area contributed by atoms with Crippen molar-refractivity contribution in [2.45, 2.75) is 135 Å². The Labute approximate surface area is 215 Å². The smallest absolute Gasteiger partial charge is 0.0345 e. The minimum Gasteiger partial charge on any atom is -0.382 e. The van der Waals surface area contributed by atoms with Gasteiger partial charge in [0.1, 0.15) is 0 Å². The fourth-order valence-corrected chi connectivity index (χ4v) is 6.22. The number of nitrogens with one attached hydrogen (secondary N) is 2. The fourth-order valence-electron chi connectivity index (χ4n) is 6.22. The molecule has 35 heavy (non-hydrogen) atoms. The largest absolute Gasteiger partial charge is 0.382 e. The Kier molecular flexibility index (Phi) is 9.58. The third kappa shape index (κ3) is 7.05. The van der Waals surface area contributed by atoms with E-state index in [1.807, 2.05) is 0 Å². The van der Waals surface area contributed by atoms with Gasteiger partial charge >= 0.3 is 0 Å². The van der Waals surface area contributed by atoms with Gasteiger partial charge in [0.05, 0.1) is 0 Å². The summed E-state index contributed by atoms with van der Waals surface area (Å²) in [5, 5.41) is 7.74. The zero-order chi connectivity index (χ0) is 24.6. The van der Waals surface area contributed by atoms with Gasteiger partial charge in [-0.1, -0.05) is 78.4 Å². The Hall–Kier alpha value is -1.96. The SMILES string of the molecule is CCC(C)c1cc(NC2CCCCC2)ccc1Cc1ccc(NC2CCCCC2)cc1C(C)CC. The molecule has 0 amide bonds. The molecule has 0 aromatic heterocycles. The second kappa shape index (κ2) is 12.8. The predicted octanol–water partition coefficient (Wildman–Crippen LogP) is 9.79. The molecule has 2 nitrogen and oxygen atoms in total. The van der Waals surface area contributed by atoms with Gasteiger partial charge in [-0.3, -0.25) is 0 Å². The minimum absolute atomic E-state index is 0.581. The van der Waals surface area contributed by atoms with Crippen LogP contribution in [0.2, 0.25) is 0 Å². The van der Waals surface area contributed by atoms with Gasteiger partial charge in [0, 0.05) is 23.5 Å². The Morgan fingerprint density at radius 2 is 1.03 bits per heavy atom. The van der Waals surface area contributed by atoms with Crippen molar-refractivity contribution in [1.29, 1.82) is 0 Å². The molecule has 4 rings (SSSR count). The van der Waals surface area contributed by atoms with Gasteiger partial charge in [-0.2, -0.15) is 0 Å². The van der Waals surface area contributed by atoms with Crippen molar-refractivity contribution in [2.24, 2.45) is 0 Å². The summed E-state index contributed by atoms with van der Waals surface area (Å²) in [6.45, 7) is 9.45. The fraction of sp³-hybridized carbons (Fsp3) is 0.636. The van der Waals surface area contributed by atoms with Gasteiger partial charge in [0.25, 0.3) is 0 Å². The van der Waals surface area contributed by atoms with E-state index in [0.717, 1.165) is 6.42 Å². The van der Waals surface area contributed by atoms with Crippen LogP contribution in [0.15, 0.2) is 36.4 Å². The molecule has 0 radical (unpaired) electrons. The van der Waals surface area contributed by atoms with Crippen molar-refractivity contribution in [3.8, 4) is 0 Å². The second-order valence-electron chi connectivity index (χ2n) is 11.6. The maximum atomic E-state index is 3.87. The molecule has 0 bridgehead atoms. The average molecular weight is 475 g/mol. The molecule has 2 saturated carbocycles. The minimum atomic E-state index is 0.581. The molecule has 2 unspecified atom stereocenters. The van der Waals surface area contributed by atoms with Crippen LogP contribution in [0, 0.1) is 0 Å². The summed E-state index contributed by atoms with van der Waals surface area (Å²) in [6, 6.07) is 15.8. The first-order valence-electron chi connectivity index (χ1n) is 14.9. The summed E-state index contributed by atoms with van der Waals surface area (Å²) in [6.07, 6.45) is 17.0. The summed E-state index contributed by atoms with van der Waals surface area (Å²) in [4.78, 5) is 0. The zero-order valence-electron chi connectivity index (χ0n) is 23.0. The average Bonchev–Trinajstić information content (AvgIpc) is 2.90. The molecule has 0 aliphatic heterocycles. The van der Waals surface area contributed by atoms with Crippen LogP contribution >= 0.6 is 0 Å². The molecule has 0 heterocycles. The van der Waals surface area contributed by atoms with Crippen molar-refractivity contribution < 1.29 is 0 Å². The molecule has 2 N–H and O–H groups in total. The highest BCUT2D eigenvalue weighted by atomic mass is 14.9. The van der Waals surface area contributed by atoms with Crippen LogP contribution in [-0.2, 0) is 6.42 Å². The molecule has 2 aliphatic rings. The molecule has 2 fully saturated rings. The standard InChI is InChI=1S/C33H50N2/c1-5-24(3)32-22-30(34-28-13-9-7-10-14-28)19-17-26(32)21-27-18-20-31(23-33(27)25(4)6-2)35-29-15-11-8-12-16-29/h17-20,22-25,28-29,34-35H,5-16,21H2,1-4H3. The van der Waals surface area contributed by atoms with Crippen LogP contribution in [0.5, 0.6) is 0 Å². The van der Waals surface area contributed by atoms with Gasteiger partial charge in [-0.05, 0) is 103 Å². The monoisotopic (exact) mass is 474 g/mol. The van der Waals surface area contributed by atoms with E-state index in [0.29, 0.717) is 23.9 Å². The first-order chi connectivity index (χ1) is 17.1.